The van der Waals surface area contributed by atoms with Crippen LogP contribution < -0.4 is 4.74 Å². The van der Waals surface area contributed by atoms with Crippen LogP contribution in [0.5, 0.6) is 5.75 Å². The molecule has 2 nitrogen and oxygen atoms in total. The molecule has 96 valence electrons. The van der Waals surface area contributed by atoms with Crippen molar-refractivity contribution in [1.82, 2.24) is 0 Å². The first-order valence-corrected chi connectivity index (χ1v) is 5.86. The minimum atomic E-state index is -0.957. The lowest BCUT2D eigenvalue weighted by Gasteiger charge is -2.14. The van der Waals surface area contributed by atoms with E-state index in [9.17, 15) is 13.9 Å². The zero-order valence-corrected chi connectivity index (χ0v) is 10.2. The lowest BCUT2D eigenvalue weighted by atomic mass is 10.1. The summed E-state index contributed by atoms with van der Waals surface area (Å²) in [5.41, 5.74) is 0.152. The maximum atomic E-state index is 13.5. The molecule has 0 fully saturated rings. The minimum Gasteiger partial charge on any atom is -0.490 e. The fraction of sp³-hybridized carbons (Fsp3) is 0.538. The van der Waals surface area contributed by atoms with E-state index in [0.29, 0.717) is 6.61 Å². The van der Waals surface area contributed by atoms with Gasteiger partial charge in [-0.15, -0.1) is 0 Å². The molecule has 0 saturated heterocycles. The molecule has 0 aromatic heterocycles. The molecular formula is C13H18F2O2. The number of unbranched alkanes of at least 4 members (excludes halogenated alkanes) is 2. The first-order valence-electron chi connectivity index (χ1n) is 5.86. The molecule has 1 N–H and O–H groups in total. The molecule has 4 heteroatoms. The van der Waals surface area contributed by atoms with Crippen LogP contribution in [0.3, 0.4) is 0 Å². The number of ether oxygens (including phenoxy) is 1. The lowest BCUT2D eigenvalue weighted by Crippen LogP contribution is -2.05. The van der Waals surface area contributed by atoms with Crippen molar-refractivity contribution in [1.29, 1.82) is 0 Å². The molecule has 0 heterocycles. The Balaban J connectivity index is 2.81. The van der Waals surface area contributed by atoms with Crippen LogP contribution in [0.4, 0.5) is 8.78 Å². The molecule has 1 unspecified atom stereocenters. The molecule has 0 spiro atoms. The van der Waals surface area contributed by atoms with Crippen LogP contribution in [-0.2, 0) is 0 Å². The van der Waals surface area contributed by atoms with Crippen molar-refractivity contribution in [2.45, 2.75) is 39.2 Å². The van der Waals surface area contributed by atoms with Gasteiger partial charge in [0.25, 0.3) is 0 Å². The Morgan fingerprint density at radius 1 is 1.29 bits per heavy atom. The van der Waals surface area contributed by atoms with Gasteiger partial charge >= 0.3 is 0 Å². The van der Waals surface area contributed by atoms with Gasteiger partial charge in [-0.05, 0) is 19.4 Å². The summed E-state index contributed by atoms with van der Waals surface area (Å²) in [6.07, 6.45) is 1.89. The van der Waals surface area contributed by atoms with Crippen LogP contribution in [0, 0.1) is 11.6 Å². The Bertz CT molecular complexity index is 365. The largest absolute Gasteiger partial charge is 0.490 e. The Kier molecular flexibility index (Phi) is 5.35. The molecule has 0 radical (unpaired) electrons. The molecule has 1 aromatic carbocycles. The fourth-order valence-corrected chi connectivity index (χ4v) is 1.57. The molecule has 0 saturated carbocycles. The predicted molar refractivity (Wildman–Crippen MR) is 62.0 cm³/mol. The first-order chi connectivity index (χ1) is 8.06. The number of hydrogen-bond acceptors (Lipinski definition) is 2. The van der Waals surface area contributed by atoms with E-state index >= 15 is 0 Å². The second kappa shape index (κ2) is 6.55. The summed E-state index contributed by atoms with van der Waals surface area (Å²) < 4.78 is 31.8. The van der Waals surface area contributed by atoms with E-state index in [4.69, 9.17) is 4.74 Å². The zero-order chi connectivity index (χ0) is 12.8. The minimum absolute atomic E-state index is 0.0440. The molecule has 1 atom stereocenters. The summed E-state index contributed by atoms with van der Waals surface area (Å²) in [4.78, 5) is 0. The number of rotatable bonds is 6. The van der Waals surface area contributed by atoms with Crippen LogP contribution in [0.15, 0.2) is 12.1 Å². The number of hydrogen-bond donors (Lipinski definition) is 1. The van der Waals surface area contributed by atoms with Gasteiger partial charge in [0.1, 0.15) is 5.82 Å². The summed E-state index contributed by atoms with van der Waals surface area (Å²) >= 11 is 0. The van der Waals surface area contributed by atoms with Gasteiger partial charge in [-0.1, -0.05) is 19.8 Å². The smallest absolute Gasteiger partial charge is 0.168 e. The van der Waals surface area contributed by atoms with Crippen molar-refractivity contribution in [2.75, 3.05) is 6.61 Å². The van der Waals surface area contributed by atoms with Crippen molar-refractivity contribution in [3.05, 3.63) is 29.3 Å². The number of aliphatic hydroxyl groups excluding tert-OH is 1. The van der Waals surface area contributed by atoms with E-state index in [1.807, 2.05) is 0 Å². The Hall–Kier alpha value is -1.16. The van der Waals surface area contributed by atoms with Gasteiger partial charge in [0.05, 0.1) is 12.7 Å². The number of halogens is 2. The Morgan fingerprint density at radius 3 is 2.59 bits per heavy atom. The molecular weight excluding hydrogens is 226 g/mol. The molecule has 0 aliphatic carbocycles. The molecule has 0 amide bonds. The number of aliphatic hydroxyl groups is 1. The molecule has 0 aliphatic rings. The first kappa shape index (κ1) is 13.9. The predicted octanol–water partition coefficient (Wildman–Crippen LogP) is 3.59. The van der Waals surface area contributed by atoms with Gasteiger partial charge in [-0.25, -0.2) is 8.78 Å². The maximum absolute atomic E-state index is 13.5. The van der Waals surface area contributed by atoms with E-state index in [2.05, 4.69) is 6.92 Å². The van der Waals surface area contributed by atoms with Crippen LogP contribution >= 0.6 is 0 Å². The monoisotopic (exact) mass is 244 g/mol. The molecule has 1 rings (SSSR count). The Labute approximate surface area is 100 Å². The highest BCUT2D eigenvalue weighted by atomic mass is 19.1. The van der Waals surface area contributed by atoms with Crippen molar-refractivity contribution >= 4 is 0 Å². The zero-order valence-electron chi connectivity index (χ0n) is 10.2. The fourth-order valence-electron chi connectivity index (χ4n) is 1.57. The van der Waals surface area contributed by atoms with Crippen molar-refractivity contribution in [2.24, 2.45) is 0 Å². The average molecular weight is 244 g/mol. The van der Waals surface area contributed by atoms with Crippen LogP contribution in [0.25, 0.3) is 0 Å². The van der Waals surface area contributed by atoms with Crippen LogP contribution in [0.2, 0.25) is 0 Å². The lowest BCUT2D eigenvalue weighted by molar-refractivity contribution is 0.187. The van der Waals surface area contributed by atoms with Crippen LogP contribution in [-0.4, -0.2) is 11.7 Å². The second-order valence-corrected chi connectivity index (χ2v) is 4.04. The van der Waals surface area contributed by atoms with Crippen molar-refractivity contribution in [3.63, 3.8) is 0 Å². The normalized spacial score (nSPS) is 12.5. The maximum Gasteiger partial charge on any atom is 0.168 e. The highest BCUT2D eigenvalue weighted by Crippen LogP contribution is 2.29. The summed E-state index contributed by atoms with van der Waals surface area (Å²) in [6, 6.07) is 1.87. The summed E-state index contributed by atoms with van der Waals surface area (Å²) in [7, 11) is 0. The van der Waals surface area contributed by atoms with Crippen molar-refractivity contribution in [3.8, 4) is 5.75 Å². The summed E-state index contributed by atoms with van der Waals surface area (Å²) in [5, 5.41) is 9.44. The van der Waals surface area contributed by atoms with Crippen LogP contribution in [0.1, 0.15) is 44.8 Å². The third kappa shape index (κ3) is 3.97. The molecule has 0 aliphatic heterocycles. The standard InChI is InChI=1S/C13H18F2O2/c1-3-4-5-6-17-13-11(9(2)16)7-10(14)8-12(13)15/h7-9,16H,3-6H2,1-2H3. The van der Waals surface area contributed by atoms with E-state index < -0.39 is 17.7 Å². The summed E-state index contributed by atoms with van der Waals surface area (Å²) in [6.45, 7) is 3.88. The van der Waals surface area contributed by atoms with Gasteiger partial charge in [-0.2, -0.15) is 0 Å². The van der Waals surface area contributed by atoms with Gasteiger partial charge in [0.15, 0.2) is 11.6 Å². The molecule has 17 heavy (non-hydrogen) atoms. The van der Waals surface area contributed by atoms with E-state index in [1.165, 1.54) is 6.92 Å². The van der Waals surface area contributed by atoms with E-state index in [1.54, 1.807) is 0 Å². The third-order valence-electron chi connectivity index (χ3n) is 2.48. The van der Waals surface area contributed by atoms with Gasteiger partial charge in [0, 0.05) is 11.6 Å². The van der Waals surface area contributed by atoms with Gasteiger partial charge in [-0.3, -0.25) is 0 Å². The quantitative estimate of drug-likeness (QED) is 0.775. The van der Waals surface area contributed by atoms with Gasteiger partial charge < -0.3 is 9.84 Å². The molecule has 0 bridgehead atoms. The van der Waals surface area contributed by atoms with E-state index in [-0.39, 0.29) is 11.3 Å². The Morgan fingerprint density at radius 2 is 2.00 bits per heavy atom. The highest BCUT2D eigenvalue weighted by Gasteiger charge is 2.16. The van der Waals surface area contributed by atoms with E-state index in [0.717, 1.165) is 31.4 Å². The average Bonchev–Trinajstić information content (AvgIpc) is 2.25. The van der Waals surface area contributed by atoms with Gasteiger partial charge in [0.2, 0.25) is 0 Å². The third-order valence-corrected chi connectivity index (χ3v) is 2.48. The number of benzene rings is 1. The molecule has 1 aromatic rings. The summed E-state index contributed by atoms with van der Waals surface area (Å²) in [5.74, 6) is -1.52. The second-order valence-electron chi connectivity index (χ2n) is 4.04. The topological polar surface area (TPSA) is 29.5 Å². The SMILES string of the molecule is CCCCCOc1c(F)cc(F)cc1C(C)O. The highest BCUT2D eigenvalue weighted by molar-refractivity contribution is 5.37. The van der Waals surface area contributed by atoms with Crippen molar-refractivity contribution < 1.29 is 18.6 Å².